The molecule has 0 spiro atoms. The third-order valence-electron chi connectivity index (χ3n) is 6.20. The fraction of sp³-hybridized carbons (Fsp3) is 0.500. The van der Waals surface area contributed by atoms with Gasteiger partial charge in [0.15, 0.2) is 0 Å². The molecular formula is C20H24N4O. The van der Waals surface area contributed by atoms with Crippen LogP contribution in [0.25, 0.3) is 10.9 Å². The van der Waals surface area contributed by atoms with Gasteiger partial charge < -0.3 is 4.98 Å². The lowest BCUT2D eigenvalue weighted by molar-refractivity contribution is -0.165. The fourth-order valence-electron chi connectivity index (χ4n) is 5.70. The summed E-state index contributed by atoms with van der Waals surface area (Å²) in [5, 5.41) is 1.04. The highest BCUT2D eigenvalue weighted by atomic mass is 16.1. The van der Waals surface area contributed by atoms with E-state index in [-0.39, 0.29) is 22.4 Å². The zero-order chi connectivity index (χ0) is 17.2. The molecule has 0 unspecified atom stereocenters. The van der Waals surface area contributed by atoms with Crippen molar-refractivity contribution in [2.75, 3.05) is 32.8 Å². The first-order valence-electron chi connectivity index (χ1n) is 9.05. The first-order valence-corrected chi connectivity index (χ1v) is 9.05. The number of piperidine rings is 2. The first-order chi connectivity index (χ1) is 12.0. The molecule has 1 aromatic carbocycles. The molecule has 130 valence electrons. The lowest BCUT2D eigenvalue weighted by Gasteiger charge is -2.65. The average molecular weight is 336 g/mol. The van der Waals surface area contributed by atoms with Crippen molar-refractivity contribution < 1.29 is 0 Å². The molecular weight excluding hydrogens is 312 g/mol. The Kier molecular flexibility index (Phi) is 3.07. The minimum atomic E-state index is -0.0610. The number of benzene rings is 1. The van der Waals surface area contributed by atoms with E-state index in [2.05, 4.69) is 28.6 Å². The second kappa shape index (κ2) is 5.02. The van der Waals surface area contributed by atoms with E-state index in [1.54, 1.807) is 0 Å². The number of H-pyrrole nitrogens is 1. The fourth-order valence-corrected chi connectivity index (χ4v) is 5.70. The van der Waals surface area contributed by atoms with Crippen molar-refractivity contribution in [3.8, 4) is 0 Å². The Labute approximate surface area is 147 Å². The second-order valence-corrected chi connectivity index (χ2v) is 8.75. The minimum Gasteiger partial charge on any atom is -0.321 e. The van der Waals surface area contributed by atoms with E-state index in [0.717, 1.165) is 43.8 Å². The molecule has 6 rings (SSSR count). The molecule has 4 aliphatic rings. The van der Waals surface area contributed by atoms with E-state index in [1.165, 1.54) is 0 Å². The van der Waals surface area contributed by atoms with Gasteiger partial charge >= 0.3 is 0 Å². The summed E-state index contributed by atoms with van der Waals surface area (Å²) in [6.07, 6.45) is 1.82. The SMILES string of the molecule is CC12CN3CN(C1)CC(C)(C3)C2N=Cc1cc2ccccc2[nH]c1=O. The lowest BCUT2D eigenvalue weighted by Crippen LogP contribution is -2.75. The maximum absolute atomic E-state index is 12.4. The van der Waals surface area contributed by atoms with Crippen molar-refractivity contribution in [2.24, 2.45) is 15.8 Å². The Hall–Kier alpha value is -1.98. The molecule has 5 heteroatoms. The summed E-state index contributed by atoms with van der Waals surface area (Å²) >= 11 is 0. The second-order valence-electron chi connectivity index (χ2n) is 8.75. The number of aromatic amines is 1. The molecule has 2 aromatic rings. The van der Waals surface area contributed by atoms with Gasteiger partial charge in [0.25, 0.3) is 5.56 Å². The third kappa shape index (κ3) is 2.29. The average Bonchev–Trinajstić information content (AvgIpc) is 2.52. The summed E-state index contributed by atoms with van der Waals surface area (Å²) < 4.78 is 0. The van der Waals surface area contributed by atoms with E-state index in [9.17, 15) is 4.79 Å². The lowest BCUT2D eigenvalue weighted by atomic mass is 9.60. The molecule has 0 amide bonds. The number of pyridine rings is 1. The quantitative estimate of drug-likeness (QED) is 0.853. The van der Waals surface area contributed by atoms with Gasteiger partial charge in [-0.1, -0.05) is 32.0 Å². The highest BCUT2D eigenvalue weighted by Crippen LogP contribution is 2.50. The molecule has 5 heterocycles. The molecule has 0 saturated carbocycles. The molecule has 25 heavy (non-hydrogen) atoms. The Balaban J connectivity index is 1.53. The van der Waals surface area contributed by atoms with E-state index in [0.29, 0.717) is 5.56 Å². The number of nitrogens with zero attached hydrogens (tertiary/aromatic N) is 3. The van der Waals surface area contributed by atoms with Crippen LogP contribution in [0.4, 0.5) is 0 Å². The standard InChI is InChI=1S/C20H24N4O/c1-19-9-23-11-20(2,12-24(10-19)13-23)18(19)21-8-15-7-14-5-3-4-6-16(14)22-17(15)25/h3-8,18H,9-13H2,1-2H3,(H,22,25). The van der Waals surface area contributed by atoms with Crippen molar-refractivity contribution >= 4 is 17.1 Å². The molecule has 4 bridgehead atoms. The maximum atomic E-state index is 12.4. The number of aromatic nitrogens is 1. The van der Waals surface area contributed by atoms with E-state index in [4.69, 9.17) is 4.99 Å². The molecule has 0 atom stereocenters. The molecule has 4 aliphatic heterocycles. The summed E-state index contributed by atoms with van der Waals surface area (Å²) in [6, 6.07) is 10.1. The number of para-hydroxylation sites is 1. The molecule has 5 nitrogen and oxygen atoms in total. The van der Waals surface area contributed by atoms with Crippen LogP contribution in [0.5, 0.6) is 0 Å². The van der Waals surface area contributed by atoms with Gasteiger partial charge in [0.1, 0.15) is 0 Å². The summed E-state index contributed by atoms with van der Waals surface area (Å²) in [7, 11) is 0. The molecule has 1 aromatic heterocycles. The Morgan fingerprint density at radius 2 is 1.76 bits per heavy atom. The largest absolute Gasteiger partial charge is 0.321 e. The Bertz CT molecular complexity index is 895. The summed E-state index contributed by atoms with van der Waals surface area (Å²) in [5.74, 6) is 0. The number of rotatable bonds is 2. The van der Waals surface area contributed by atoms with Crippen LogP contribution in [-0.4, -0.2) is 59.9 Å². The van der Waals surface area contributed by atoms with Gasteiger partial charge in [-0.2, -0.15) is 0 Å². The van der Waals surface area contributed by atoms with Gasteiger partial charge in [0.05, 0.1) is 18.3 Å². The molecule has 4 saturated heterocycles. The smallest absolute Gasteiger partial charge is 0.257 e. The number of hydrogen-bond donors (Lipinski definition) is 1. The van der Waals surface area contributed by atoms with Crippen molar-refractivity contribution in [1.29, 1.82) is 0 Å². The number of fused-ring (bicyclic) bond motifs is 1. The topological polar surface area (TPSA) is 51.7 Å². The number of nitrogens with one attached hydrogen (secondary N) is 1. The summed E-state index contributed by atoms with van der Waals surface area (Å²) in [5.41, 5.74) is 1.81. The Morgan fingerprint density at radius 3 is 2.44 bits per heavy atom. The van der Waals surface area contributed by atoms with Crippen LogP contribution in [0, 0.1) is 10.8 Å². The minimum absolute atomic E-state index is 0.0610. The molecule has 0 aliphatic carbocycles. The highest BCUT2D eigenvalue weighted by molar-refractivity contribution is 5.87. The molecule has 0 radical (unpaired) electrons. The summed E-state index contributed by atoms with van der Waals surface area (Å²) in [4.78, 5) is 25.5. The Morgan fingerprint density at radius 1 is 1.12 bits per heavy atom. The third-order valence-corrected chi connectivity index (χ3v) is 6.20. The van der Waals surface area contributed by atoms with E-state index in [1.807, 2.05) is 36.5 Å². The van der Waals surface area contributed by atoms with Crippen molar-refractivity contribution in [2.45, 2.75) is 19.9 Å². The normalized spacial score (nSPS) is 39.5. The van der Waals surface area contributed by atoms with Gasteiger partial charge in [-0.3, -0.25) is 19.6 Å². The zero-order valence-corrected chi connectivity index (χ0v) is 14.8. The number of hydrogen-bond acceptors (Lipinski definition) is 4. The maximum Gasteiger partial charge on any atom is 0.257 e. The van der Waals surface area contributed by atoms with E-state index >= 15 is 0 Å². The van der Waals surface area contributed by atoms with Crippen molar-refractivity contribution in [3.05, 3.63) is 46.2 Å². The van der Waals surface area contributed by atoms with Crippen LogP contribution in [-0.2, 0) is 0 Å². The predicted octanol–water partition coefficient (Wildman–Crippen LogP) is 1.93. The van der Waals surface area contributed by atoms with Crippen LogP contribution < -0.4 is 5.56 Å². The number of aliphatic imine (C=N–C) groups is 1. The van der Waals surface area contributed by atoms with Gasteiger partial charge in [0, 0.05) is 48.7 Å². The molecule has 1 N–H and O–H groups in total. The summed E-state index contributed by atoms with van der Waals surface area (Å²) in [6.45, 7) is 10.2. The van der Waals surface area contributed by atoms with Crippen LogP contribution in [0.3, 0.4) is 0 Å². The van der Waals surface area contributed by atoms with Gasteiger partial charge in [0.2, 0.25) is 0 Å². The van der Waals surface area contributed by atoms with Gasteiger partial charge in [-0.25, -0.2) is 0 Å². The monoisotopic (exact) mass is 336 g/mol. The predicted molar refractivity (Wildman–Crippen MR) is 100 cm³/mol. The molecule has 4 fully saturated rings. The van der Waals surface area contributed by atoms with Crippen molar-refractivity contribution in [1.82, 2.24) is 14.8 Å². The van der Waals surface area contributed by atoms with Gasteiger partial charge in [-0.15, -0.1) is 0 Å². The first kappa shape index (κ1) is 15.3. The van der Waals surface area contributed by atoms with Crippen LogP contribution >= 0.6 is 0 Å². The van der Waals surface area contributed by atoms with Crippen molar-refractivity contribution in [3.63, 3.8) is 0 Å². The highest BCUT2D eigenvalue weighted by Gasteiger charge is 2.59. The van der Waals surface area contributed by atoms with Crippen LogP contribution in [0.1, 0.15) is 19.4 Å². The van der Waals surface area contributed by atoms with Crippen LogP contribution in [0.2, 0.25) is 0 Å². The zero-order valence-electron chi connectivity index (χ0n) is 14.8. The van der Waals surface area contributed by atoms with E-state index < -0.39 is 0 Å². The van der Waals surface area contributed by atoms with Crippen LogP contribution in [0.15, 0.2) is 40.1 Å². The van der Waals surface area contributed by atoms with Gasteiger partial charge in [-0.05, 0) is 17.5 Å².